The third kappa shape index (κ3) is 3.97. The summed E-state index contributed by atoms with van der Waals surface area (Å²) in [5.74, 6) is -4.31. The van der Waals surface area contributed by atoms with E-state index in [9.17, 15) is 18.0 Å². The van der Waals surface area contributed by atoms with Gasteiger partial charge >= 0.3 is 0 Å². The van der Waals surface area contributed by atoms with Crippen molar-refractivity contribution < 1.29 is 23.1 Å². The Morgan fingerprint density at radius 2 is 1.81 bits per heavy atom. The van der Waals surface area contributed by atoms with Crippen LogP contribution in [0.15, 0.2) is 43.0 Å². The summed E-state index contributed by atoms with van der Waals surface area (Å²) in [6, 6.07) is 5.11. The molecule has 0 aliphatic heterocycles. The highest BCUT2D eigenvalue weighted by atomic mass is 19.2. The van der Waals surface area contributed by atoms with Gasteiger partial charge in [-0.25, -0.2) is 18.2 Å². The van der Waals surface area contributed by atoms with Crippen molar-refractivity contribution in [1.82, 2.24) is 14.5 Å². The lowest BCUT2D eigenvalue weighted by molar-refractivity contribution is 0.0988. The van der Waals surface area contributed by atoms with Crippen LogP contribution in [0.3, 0.4) is 0 Å². The van der Waals surface area contributed by atoms with Crippen molar-refractivity contribution >= 4 is 5.78 Å². The van der Waals surface area contributed by atoms with Gasteiger partial charge in [0.1, 0.15) is 5.69 Å². The molecule has 2 aromatic heterocycles. The Labute approximate surface area is 146 Å². The molecule has 0 fully saturated rings. The van der Waals surface area contributed by atoms with Crippen LogP contribution >= 0.6 is 0 Å². The molecule has 0 bridgehead atoms. The van der Waals surface area contributed by atoms with E-state index in [0.29, 0.717) is 11.3 Å². The number of pyridine rings is 1. The third-order valence-electron chi connectivity index (χ3n) is 3.74. The van der Waals surface area contributed by atoms with Crippen molar-refractivity contribution in [2.45, 2.75) is 19.6 Å². The molecule has 0 saturated heterocycles. The number of aliphatic hydroxyl groups is 1. The van der Waals surface area contributed by atoms with Gasteiger partial charge < -0.3 is 9.67 Å². The summed E-state index contributed by atoms with van der Waals surface area (Å²) in [5.41, 5.74) is 1.58. The maximum atomic E-state index is 13.3. The minimum absolute atomic E-state index is 0.0428. The van der Waals surface area contributed by atoms with E-state index in [1.54, 1.807) is 12.1 Å². The minimum Gasteiger partial charge on any atom is -0.390 e. The molecule has 0 unspecified atom stereocenters. The number of aliphatic hydroxyl groups excluding tert-OH is 1. The number of benzene rings is 1. The summed E-state index contributed by atoms with van der Waals surface area (Å²) in [6.45, 7) is -0.135. The number of hydrogen-bond acceptors (Lipinski definition) is 4. The van der Waals surface area contributed by atoms with Crippen LogP contribution in [0.2, 0.25) is 0 Å². The zero-order valence-electron chi connectivity index (χ0n) is 13.5. The van der Waals surface area contributed by atoms with Gasteiger partial charge in [0, 0.05) is 25.4 Å². The number of nitrogens with zero attached hydrogens (tertiary/aromatic N) is 3. The van der Waals surface area contributed by atoms with Crippen LogP contribution < -0.4 is 0 Å². The second kappa shape index (κ2) is 7.49. The highest BCUT2D eigenvalue weighted by molar-refractivity contribution is 5.95. The van der Waals surface area contributed by atoms with Crippen LogP contribution in [0, 0.1) is 17.5 Å². The van der Waals surface area contributed by atoms with Crippen molar-refractivity contribution in [1.29, 1.82) is 0 Å². The summed E-state index contributed by atoms with van der Waals surface area (Å²) in [4.78, 5) is 20.3. The molecule has 1 aromatic carbocycles. The van der Waals surface area contributed by atoms with Gasteiger partial charge in [0.05, 0.1) is 18.6 Å². The molecule has 134 valence electrons. The van der Waals surface area contributed by atoms with E-state index in [-0.39, 0.29) is 36.6 Å². The molecule has 26 heavy (non-hydrogen) atoms. The lowest BCUT2D eigenvalue weighted by Crippen LogP contribution is -2.05. The molecular formula is C18H14F3N3O2. The highest BCUT2D eigenvalue weighted by Gasteiger charge is 2.13. The van der Waals surface area contributed by atoms with E-state index in [1.807, 2.05) is 0 Å². The lowest BCUT2D eigenvalue weighted by Gasteiger charge is -2.04. The summed E-state index contributed by atoms with van der Waals surface area (Å²) < 4.78 is 41.0. The normalized spacial score (nSPS) is 10.9. The van der Waals surface area contributed by atoms with Crippen molar-refractivity contribution in [3.63, 3.8) is 0 Å². The number of aromatic nitrogens is 3. The minimum atomic E-state index is -1.52. The van der Waals surface area contributed by atoms with Crippen LogP contribution in [0.5, 0.6) is 0 Å². The van der Waals surface area contributed by atoms with Crippen molar-refractivity contribution in [3.05, 3.63) is 83.0 Å². The maximum absolute atomic E-state index is 13.3. The van der Waals surface area contributed by atoms with Crippen LogP contribution in [-0.4, -0.2) is 25.4 Å². The molecule has 1 N–H and O–H groups in total. The summed E-state index contributed by atoms with van der Waals surface area (Å²) in [6.07, 6.45) is 4.40. The molecule has 3 aromatic rings. The van der Waals surface area contributed by atoms with Crippen LogP contribution in [-0.2, 0) is 19.6 Å². The van der Waals surface area contributed by atoms with Crippen molar-refractivity contribution in [2.24, 2.45) is 0 Å². The number of imidazole rings is 1. The van der Waals surface area contributed by atoms with E-state index < -0.39 is 17.5 Å². The molecule has 3 rings (SSSR count). The number of carbonyl (C=O) groups is 1. The Bertz CT molecular complexity index is 916. The van der Waals surface area contributed by atoms with Gasteiger partial charge in [0.25, 0.3) is 0 Å². The molecular weight excluding hydrogens is 347 g/mol. The molecule has 8 heteroatoms. The predicted octanol–water partition coefficient (Wildman–Crippen LogP) is 2.66. The Morgan fingerprint density at radius 1 is 1.08 bits per heavy atom. The largest absolute Gasteiger partial charge is 0.390 e. The average molecular weight is 361 g/mol. The fourth-order valence-corrected chi connectivity index (χ4v) is 2.43. The van der Waals surface area contributed by atoms with Gasteiger partial charge in [-0.15, -0.1) is 0 Å². The standard InChI is InChI=1S/C18H14F3N3O2/c19-14-3-12(4-15(20)18(14)21)7-24-8-16(23-10-24)17(26)5-11-1-2-13(9-25)22-6-11/h1-4,6,8,10,25H,5,7,9H2. The third-order valence-corrected chi connectivity index (χ3v) is 3.74. The van der Waals surface area contributed by atoms with Crippen LogP contribution in [0.4, 0.5) is 13.2 Å². The first-order valence-electron chi connectivity index (χ1n) is 7.69. The van der Waals surface area contributed by atoms with Crippen molar-refractivity contribution in [3.8, 4) is 0 Å². The number of ketones is 1. The number of Topliss-reactive ketones (excluding diaryl/α,β-unsaturated/α-hetero) is 1. The monoisotopic (exact) mass is 361 g/mol. The molecule has 0 radical (unpaired) electrons. The molecule has 0 amide bonds. The van der Waals surface area contributed by atoms with E-state index in [0.717, 1.165) is 12.1 Å². The van der Waals surface area contributed by atoms with Gasteiger partial charge in [-0.1, -0.05) is 6.07 Å². The van der Waals surface area contributed by atoms with E-state index >= 15 is 0 Å². The topological polar surface area (TPSA) is 68.0 Å². The first kappa shape index (κ1) is 17.8. The molecule has 0 aliphatic carbocycles. The van der Waals surface area contributed by atoms with E-state index in [2.05, 4.69) is 9.97 Å². The van der Waals surface area contributed by atoms with Gasteiger partial charge in [-0.05, 0) is 29.3 Å². The zero-order valence-corrected chi connectivity index (χ0v) is 13.5. The van der Waals surface area contributed by atoms with E-state index in [4.69, 9.17) is 5.11 Å². The quantitative estimate of drug-likeness (QED) is 0.541. The van der Waals surface area contributed by atoms with Gasteiger partial charge in [0.15, 0.2) is 23.2 Å². The van der Waals surface area contributed by atoms with Crippen LogP contribution in [0.25, 0.3) is 0 Å². The van der Waals surface area contributed by atoms with Gasteiger partial charge in [-0.3, -0.25) is 9.78 Å². The molecule has 0 spiro atoms. The average Bonchev–Trinajstić information content (AvgIpc) is 3.09. The van der Waals surface area contributed by atoms with E-state index in [1.165, 1.54) is 23.3 Å². The Balaban J connectivity index is 1.69. The summed E-state index contributed by atoms with van der Waals surface area (Å²) >= 11 is 0. The lowest BCUT2D eigenvalue weighted by atomic mass is 10.1. The first-order chi connectivity index (χ1) is 12.5. The number of hydrogen-bond donors (Lipinski definition) is 1. The molecule has 0 saturated carbocycles. The summed E-state index contributed by atoms with van der Waals surface area (Å²) in [7, 11) is 0. The SMILES string of the molecule is O=C(Cc1ccc(CO)nc1)c1cn(Cc2cc(F)c(F)c(F)c2)cn1. The Kier molecular flexibility index (Phi) is 5.13. The first-order valence-corrected chi connectivity index (χ1v) is 7.69. The molecule has 2 heterocycles. The molecule has 0 atom stereocenters. The second-order valence-electron chi connectivity index (χ2n) is 5.72. The molecule has 0 aliphatic rings. The number of halogens is 3. The smallest absolute Gasteiger partial charge is 0.194 e. The van der Waals surface area contributed by atoms with Gasteiger partial charge in [-0.2, -0.15) is 0 Å². The predicted molar refractivity (Wildman–Crippen MR) is 85.8 cm³/mol. The number of rotatable bonds is 6. The fourth-order valence-electron chi connectivity index (χ4n) is 2.43. The second-order valence-corrected chi connectivity index (χ2v) is 5.72. The summed E-state index contributed by atoms with van der Waals surface area (Å²) in [5, 5.41) is 8.95. The number of carbonyl (C=O) groups excluding carboxylic acids is 1. The Morgan fingerprint density at radius 3 is 2.42 bits per heavy atom. The molecule has 5 nitrogen and oxygen atoms in total. The van der Waals surface area contributed by atoms with Crippen LogP contribution in [0.1, 0.15) is 27.3 Å². The Hall–Kier alpha value is -3.00. The zero-order chi connectivity index (χ0) is 18.7. The van der Waals surface area contributed by atoms with Gasteiger partial charge in [0.2, 0.25) is 0 Å². The fraction of sp³-hybridized carbons (Fsp3) is 0.167. The van der Waals surface area contributed by atoms with Crippen molar-refractivity contribution in [2.75, 3.05) is 0 Å². The highest BCUT2D eigenvalue weighted by Crippen LogP contribution is 2.15. The maximum Gasteiger partial charge on any atom is 0.194 e.